The van der Waals surface area contributed by atoms with Crippen LogP contribution in [0.15, 0.2) is 18.2 Å². The predicted molar refractivity (Wildman–Crippen MR) is 75.5 cm³/mol. The average Bonchev–Trinajstić information content (AvgIpc) is 2.48. The van der Waals surface area contributed by atoms with Gasteiger partial charge in [0.1, 0.15) is 0 Å². The van der Waals surface area contributed by atoms with Gasteiger partial charge in [-0.2, -0.15) is 26.3 Å². The lowest BCUT2D eigenvalue weighted by Crippen LogP contribution is -2.17. The van der Waals surface area contributed by atoms with Gasteiger partial charge in [-0.15, -0.1) is 0 Å². The molecular formula is C16H18F6O2. The molecule has 0 spiro atoms. The van der Waals surface area contributed by atoms with Crippen LogP contribution < -0.4 is 0 Å². The van der Waals surface area contributed by atoms with Crippen LogP contribution in [-0.2, 0) is 17.1 Å². The van der Waals surface area contributed by atoms with Crippen molar-refractivity contribution in [3.8, 4) is 0 Å². The maximum absolute atomic E-state index is 12.9. The molecule has 0 saturated carbocycles. The summed E-state index contributed by atoms with van der Waals surface area (Å²) < 4.78 is 81.3. The lowest BCUT2D eigenvalue weighted by molar-refractivity contribution is -0.141. The van der Waals surface area contributed by atoms with Crippen molar-refractivity contribution >= 4 is 5.97 Å². The van der Waals surface area contributed by atoms with Gasteiger partial charge in [0, 0.05) is 0 Å². The Hall–Kier alpha value is -1.73. The van der Waals surface area contributed by atoms with E-state index in [4.69, 9.17) is 4.74 Å². The third-order valence-corrected chi connectivity index (χ3v) is 3.35. The van der Waals surface area contributed by atoms with Crippen molar-refractivity contribution in [3.05, 3.63) is 34.9 Å². The molecule has 0 radical (unpaired) electrons. The van der Waals surface area contributed by atoms with E-state index in [1.54, 1.807) is 0 Å². The number of unbranched alkanes of at least 4 members (excludes halogenated alkanes) is 4. The molecule has 1 rings (SSSR count). The first-order chi connectivity index (χ1) is 11.1. The number of esters is 1. The maximum atomic E-state index is 12.9. The summed E-state index contributed by atoms with van der Waals surface area (Å²) in [5.74, 6) is -1.40. The van der Waals surface area contributed by atoms with E-state index in [0.29, 0.717) is 12.5 Å². The molecule has 0 aliphatic carbocycles. The molecule has 0 aliphatic rings. The zero-order valence-corrected chi connectivity index (χ0v) is 13.1. The van der Waals surface area contributed by atoms with Gasteiger partial charge in [-0.3, -0.25) is 0 Å². The number of hydrogen-bond donors (Lipinski definition) is 0. The highest BCUT2D eigenvalue weighted by atomic mass is 19.4. The fraction of sp³-hybridized carbons (Fsp3) is 0.562. The summed E-state index contributed by atoms with van der Waals surface area (Å²) in [7, 11) is 0. The van der Waals surface area contributed by atoms with Crippen LogP contribution in [0.5, 0.6) is 0 Å². The molecule has 24 heavy (non-hydrogen) atoms. The van der Waals surface area contributed by atoms with Crippen molar-refractivity contribution in [1.29, 1.82) is 0 Å². The van der Waals surface area contributed by atoms with E-state index in [2.05, 4.69) is 0 Å². The minimum absolute atomic E-state index is 0.129. The predicted octanol–water partition coefficient (Wildman–Crippen LogP) is 5.85. The number of hydrogen-bond acceptors (Lipinski definition) is 2. The second-order valence-electron chi connectivity index (χ2n) is 5.31. The maximum Gasteiger partial charge on any atom is 0.417 e. The van der Waals surface area contributed by atoms with E-state index in [1.165, 1.54) is 0 Å². The van der Waals surface area contributed by atoms with Crippen LogP contribution in [0, 0.1) is 0 Å². The fourth-order valence-corrected chi connectivity index (χ4v) is 2.08. The smallest absolute Gasteiger partial charge is 0.417 e. The second-order valence-corrected chi connectivity index (χ2v) is 5.31. The standard InChI is InChI=1S/C16H18F6O2/c1-2-3-4-5-6-9-24-14(23)12-10-11(15(17,18)19)7-8-13(12)16(20,21)22/h7-8,10H,2-6,9H2,1H3. The number of alkyl halides is 6. The third-order valence-electron chi connectivity index (χ3n) is 3.35. The molecule has 1 aromatic rings. The Kier molecular flexibility index (Phi) is 7.10. The first-order valence-corrected chi connectivity index (χ1v) is 7.53. The Morgan fingerprint density at radius 3 is 2.12 bits per heavy atom. The van der Waals surface area contributed by atoms with Gasteiger partial charge in [0.05, 0.1) is 23.3 Å². The molecule has 0 N–H and O–H groups in total. The van der Waals surface area contributed by atoms with Crippen LogP contribution in [-0.4, -0.2) is 12.6 Å². The van der Waals surface area contributed by atoms with Crippen LogP contribution in [0.1, 0.15) is 60.5 Å². The lowest BCUT2D eigenvalue weighted by Gasteiger charge is -2.15. The highest BCUT2D eigenvalue weighted by Gasteiger charge is 2.39. The third kappa shape index (κ3) is 6.05. The van der Waals surface area contributed by atoms with Gasteiger partial charge in [0.25, 0.3) is 0 Å². The SMILES string of the molecule is CCCCCCCOC(=O)c1cc(C(F)(F)F)ccc1C(F)(F)F. The molecule has 0 unspecified atom stereocenters. The summed E-state index contributed by atoms with van der Waals surface area (Å²) in [6.45, 7) is 1.88. The van der Waals surface area contributed by atoms with E-state index in [1.807, 2.05) is 6.92 Å². The van der Waals surface area contributed by atoms with Crippen molar-refractivity contribution in [1.82, 2.24) is 0 Å². The second kappa shape index (κ2) is 8.39. The average molecular weight is 356 g/mol. The summed E-state index contributed by atoms with van der Waals surface area (Å²) in [5.41, 5.74) is -3.89. The molecule has 0 heterocycles. The Morgan fingerprint density at radius 1 is 0.958 bits per heavy atom. The molecule has 136 valence electrons. The van der Waals surface area contributed by atoms with Crippen LogP contribution in [0.2, 0.25) is 0 Å². The van der Waals surface area contributed by atoms with Crippen LogP contribution >= 0.6 is 0 Å². The Morgan fingerprint density at radius 2 is 1.58 bits per heavy atom. The number of benzene rings is 1. The first kappa shape index (κ1) is 20.3. The van der Waals surface area contributed by atoms with Gasteiger partial charge in [-0.05, 0) is 24.6 Å². The summed E-state index contributed by atoms with van der Waals surface area (Å²) in [4.78, 5) is 11.8. The summed E-state index contributed by atoms with van der Waals surface area (Å²) in [6.07, 6.45) is -5.73. The van der Waals surface area contributed by atoms with E-state index in [0.717, 1.165) is 25.7 Å². The zero-order valence-electron chi connectivity index (χ0n) is 13.1. The molecular weight excluding hydrogens is 338 g/mol. The van der Waals surface area contributed by atoms with Gasteiger partial charge >= 0.3 is 18.3 Å². The van der Waals surface area contributed by atoms with E-state index >= 15 is 0 Å². The van der Waals surface area contributed by atoms with Gasteiger partial charge in [0.2, 0.25) is 0 Å². The van der Waals surface area contributed by atoms with Crippen LogP contribution in [0.3, 0.4) is 0 Å². The summed E-state index contributed by atoms with van der Waals surface area (Å²) in [5, 5.41) is 0. The van der Waals surface area contributed by atoms with Crippen LogP contribution in [0.25, 0.3) is 0 Å². The van der Waals surface area contributed by atoms with Crippen LogP contribution in [0.4, 0.5) is 26.3 Å². The van der Waals surface area contributed by atoms with Gasteiger partial charge in [0.15, 0.2) is 0 Å². The Bertz CT molecular complexity index is 548. The number of ether oxygens (including phenoxy) is 1. The Balaban J connectivity index is 2.87. The van der Waals surface area contributed by atoms with Crippen molar-refractivity contribution in [2.45, 2.75) is 51.4 Å². The monoisotopic (exact) mass is 356 g/mol. The van der Waals surface area contributed by atoms with Gasteiger partial charge < -0.3 is 4.74 Å². The van der Waals surface area contributed by atoms with E-state index in [-0.39, 0.29) is 18.7 Å². The fourth-order valence-electron chi connectivity index (χ4n) is 2.08. The summed E-state index contributed by atoms with van der Waals surface area (Å²) in [6, 6.07) is 0.729. The molecule has 0 amide bonds. The topological polar surface area (TPSA) is 26.3 Å². The van der Waals surface area contributed by atoms with Crippen molar-refractivity contribution in [3.63, 3.8) is 0 Å². The largest absolute Gasteiger partial charge is 0.462 e. The van der Waals surface area contributed by atoms with Gasteiger partial charge in [-0.1, -0.05) is 32.6 Å². The quantitative estimate of drug-likeness (QED) is 0.348. The highest BCUT2D eigenvalue weighted by Crippen LogP contribution is 2.36. The van der Waals surface area contributed by atoms with Gasteiger partial charge in [-0.25, -0.2) is 4.79 Å². The molecule has 1 aromatic carbocycles. The zero-order chi connectivity index (χ0) is 18.4. The first-order valence-electron chi connectivity index (χ1n) is 7.53. The Labute approximate surface area is 135 Å². The molecule has 0 aliphatic heterocycles. The van der Waals surface area contributed by atoms with Crippen molar-refractivity contribution in [2.24, 2.45) is 0 Å². The highest BCUT2D eigenvalue weighted by molar-refractivity contribution is 5.91. The normalized spacial score (nSPS) is 12.3. The number of carbonyl (C=O) groups is 1. The lowest BCUT2D eigenvalue weighted by atomic mass is 10.0. The molecule has 8 heteroatoms. The van der Waals surface area contributed by atoms with E-state index in [9.17, 15) is 31.1 Å². The molecule has 0 atom stereocenters. The molecule has 0 fully saturated rings. The number of halogens is 6. The van der Waals surface area contributed by atoms with E-state index < -0.39 is 35.0 Å². The summed E-state index contributed by atoms with van der Waals surface area (Å²) >= 11 is 0. The molecule has 2 nitrogen and oxygen atoms in total. The molecule has 0 saturated heterocycles. The minimum Gasteiger partial charge on any atom is -0.462 e. The number of carbonyl (C=O) groups excluding carboxylic acids is 1. The molecule has 0 aromatic heterocycles. The molecule has 0 bridgehead atoms. The minimum atomic E-state index is -4.94. The van der Waals surface area contributed by atoms with Crippen molar-refractivity contribution < 1.29 is 35.9 Å². The van der Waals surface area contributed by atoms with Crippen molar-refractivity contribution in [2.75, 3.05) is 6.61 Å². The number of rotatable bonds is 7.